The highest BCUT2D eigenvalue weighted by Crippen LogP contribution is 2.52. The van der Waals surface area contributed by atoms with E-state index in [4.69, 9.17) is 16.3 Å². The Labute approximate surface area is 236 Å². The predicted octanol–water partition coefficient (Wildman–Crippen LogP) is 6.94. The first kappa shape index (κ1) is 26.2. The number of carbonyl (C=O) groups is 3. The number of halogens is 3. The maximum Gasteiger partial charge on any atom is 0.323 e. The zero-order valence-corrected chi connectivity index (χ0v) is 23.8. The Balaban J connectivity index is 1.70. The number of hydrogen-bond donors (Lipinski definition) is 1. The van der Waals surface area contributed by atoms with Crippen LogP contribution in [0, 0.1) is 0 Å². The van der Waals surface area contributed by atoms with E-state index in [9.17, 15) is 19.5 Å². The van der Waals surface area contributed by atoms with Gasteiger partial charge in [-0.05, 0) is 59.8 Å². The average molecular weight is 650 g/mol. The maximum atomic E-state index is 13.5. The summed E-state index contributed by atoms with van der Waals surface area (Å²) < 4.78 is 7.78. The Bertz CT molecular complexity index is 1340. The van der Waals surface area contributed by atoms with Crippen LogP contribution in [0.3, 0.4) is 0 Å². The number of hydrogen-bond acceptors (Lipinski definition) is 5. The summed E-state index contributed by atoms with van der Waals surface area (Å²) in [5, 5.41) is 10.3. The van der Waals surface area contributed by atoms with Crippen LogP contribution in [0.25, 0.3) is 0 Å². The highest BCUT2D eigenvalue weighted by atomic mass is 79.9. The second kappa shape index (κ2) is 10.8. The van der Waals surface area contributed by atoms with E-state index >= 15 is 0 Å². The number of carboxylic acids is 1. The van der Waals surface area contributed by atoms with Crippen molar-refractivity contribution in [2.24, 2.45) is 0 Å². The Morgan fingerprint density at radius 3 is 2.22 bits per heavy atom. The van der Waals surface area contributed by atoms with Crippen molar-refractivity contribution in [2.45, 2.75) is 51.0 Å². The topological polar surface area (TPSA) is 83.9 Å². The van der Waals surface area contributed by atoms with Crippen molar-refractivity contribution in [1.29, 1.82) is 0 Å². The molecule has 0 bridgehead atoms. The largest absolute Gasteiger partial charge is 0.487 e. The minimum absolute atomic E-state index is 0.0558. The number of ketones is 2. The molecule has 0 radical (unpaired) electrons. The van der Waals surface area contributed by atoms with Gasteiger partial charge >= 0.3 is 5.97 Å². The van der Waals surface area contributed by atoms with Crippen LogP contribution in [-0.4, -0.2) is 34.1 Å². The molecule has 0 saturated carbocycles. The van der Waals surface area contributed by atoms with Crippen LogP contribution in [-0.2, 0) is 21.0 Å². The molecule has 192 valence electrons. The third-order valence-corrected chi connectivity index (χ3v) is 8.47. The van der Waals surface area contributed by atoms with Crippen molar-refractivity contribution >= 4 is 61.0 Å². The average Bonchev–Trinajstić information content (AvgIpc) is 2.84. The second-order valence-corrected chi connectivity index (χ2v) is 11.6. The lowest BCUT2D eigenvalue weighted by Crippen LogP contribution is -2.41. The van der Waals surface area contributed by atoms with Gasteiger partial charge in [-0.3, -0.25) is 14.4 Å². The fourth-order valence-corrected chi connectivity index (χ4v) is 7.13. The summed E-state index contributed by atoms with van der Waals surface area (Å²) in [6, 6.07) is 11.2. The number of carboxylic acid groups (broad SMARTS) is 1. The molecule has 5 rings (SSSR count). The summed E-state index contributed by atoms with van der Waals surface area (Å²) in [6.07, 6.45) is 3.18. The van der Waals surface area contributed by atoms with E-state index in [2.05, 4.69) is 31.9 Å². The molecule has 0 aromatic heterocycles. The highest BCUT2D eigenvalue weighted by Gasteiger charge is 2.44. The van der Waals surface area contributed by atoms with Gasteiger partial charge in [0.15, 0.2) is 11.6 Å². The number of benzene rings is 2. The smallest absolute Gasteiger partial charge is 0.323 e. The number of nitrogens with zero attached hydrogens (tertiary/aromatic N) is 1. The fourth-order valence-electron chi connectivity index (χ4n) is 5.57. The molecule has 37 heavy (non-hydrogen) atoms. The van der Waals surface area contributed by atoms with Crippen LogP contribution in [0.5, 0.6) is 5.75 Å². The molecular weight excluding hydrogens is 626 g/mol. The van der Waals surface area contributed by atoms with Crippen LogP contribution in [0.15, 0.2) is 67.9 Å². The van der Waals surface area contributed by atoms with Crippen molar-refractivity contribution in [3.05, 3.63) is 84.0 Å². The lowest BCUT2D eigenvalue weighted by atomic mass is 9.70. The number of rotatable bonds is 6. The number of carbonyl (C=O) groups excluding carboxylic acids is 2. The van der Waals surface area contributed by atoms with Crippen molar-refractivity contribution in [2.75, 3.05) is 6.54 Å². The first-order valence-corrected chi connectivity index (χ1v) is 14.1. The first-order chi connectivity index (χ1) is 17.8. The van der Waals surface area contributed by atoms with E-state index in [-0.39, 0.29) is 24.7 Å². The van der Waals surface area contributed by atoms with E-state index in [0.717, 1.165) is 10.0 Å². The van der Waals surface area contributed by atoms with Crippen LogP contribution < -0.4 is 4.74 Å². The van der Waals surface area contributed by atoms with Crippen molar-refractivity contribution in [1.82, 2.24) is 4.90 Å². The summed E-state index contributed by atoms with van der Waals surface area (Å²) in [5.41, 5.74) is 3.94. The van der Waals surface area contributed by atoms with E-state index in [1.807, 2.05) is 30.3 Å². The monoisotopic (exact) mass is 647 g/mol. The second-order valence-electron chi connectivity index (χ2n) is 9.37. The highest BCUT2D eigenvalue weighted by molar-refractivity contribution is 9.11. The zero-order chi connectivity index (χ0) is 26.3. The van der Waals surface area contributed by atoms with Gasteiger partial charge in [-0.15, -0.1) is 0 Å². The third-order valence-electron chi connectivity index (χ3n) is 7.06. The molecule has 3 aliphatic rings. The van der Waals surface area contributed by atoms with Gasteiger partial charge in [0.25, 0.3) is 0 Å². The van der Waals surface area contributed by atoms with Gasteiger partial charge in [0.1, 0.15) is 18.9 Å². The molecule has 0 unspecified atom stereocenters. The molecule has 0 fully saturated rings. The molecule has 2 aromatic rings. The summed E-state index contributed by atoms with van der Waals surface area (Å²) in [6.45, 7) is -0.0759. The normalized spacial score (nSPS) is 18.2. The first-order valence-electron chi connectivity index (χ1n) is 12.1. The van der Waals surface area contributed by atoms with E-state index in [1.54, 1.807) is 11.0 Å². The van der Waals surface area contributed by atoms with Gasteiger partial charge in [-0.1, -0.05) is 45.7 Å². The van der Waals surface area contributed by atoms with Crippen molar-refractivity contribution in [3.63, 3.8) is 0 Å². The van der Waals surface area contributed by atoms with Gasteiger partial charge in [0.2, 0.25) is 0 Å². The molecule has 1 aliphatic heterocycles. The third kappa shape index (κ3) is 5.03. The lowest BCUT2D eigenvalue weighted by Gasteiger charge is -2.43. The molecule has 6 nitrogen and oxygen atoms in total. The molecule has 0 spiro atoms. The zero-order valence-electron chi connectivity index (χ0n) is 19.9. The Kier molecular flexibility index (Phi) is 7.61. The van der Waals surface area contributed by atoms with Gasteiger partial charge in [-0.25, -0.2) is 0 Å². The van der Waals surface area contributed by atoms with Crippen LogP contribution in [0.4, 0.5) is 0 Å². The Morgan fingerprint density at radius 2 is 1.62 bits per heavy atom. The van der Waals surface area contributed by atoms with E-state index in [1.165, 1.54) is 0 Å². The molecule has 1 N–H and O–H groups in total. The van der Waals surface area contributed by atoms with Crippen molar-refractivity contribution in [3.8, 4) is 5.75 Å². The molecule has 0 saturated heterocycles. The summed E-state index contributed by atoms with van der Waals surface area (Å²) >= 11 is 13.6. The van der Waals surface area contributed by atoms with Gasteiger partial charge in [0, 0.05) is 61.9 Å². The number of aliphatic carboxylic acids is 1. The molecule has 9 heteroatoms. The molecule has 2 aliphatic carbocycles. The van der Waals surface area contributed by atoms with Gasteiger partial charge in [0.05, 0.1) is 4.47 Å². The standard InChI is InChI=1S/C28H24Br2ClNO5/c29-16-11-17(28(18(30)12-16)37-14-15-5-1-2-6-19(15)31)25-26-20(7-3-9-22(26)33)32(13-24(35)36)21-8-4-10-23(34)27(21)25/h1-2,5-6,11-12,25H,3-4,7-10,13-14H2,(H,35,36). The molecule has 2 aromatic carbocycles. The Morgan fingerprint density at radius 1 is 1.00 bits per heavy atom. The minimum atomic E-state index is -0.998. The molecule has 0 amide bonds. The van der Waals surface area contributed by atoms with E-state index < -0.39 is 11.9 Å². The molecular formula is C28H24Br2ClNO5. The predicted molar refractivity (Wildman–Crippen MR) is 146 cm³/mol. The molecule has 1 heterocycles. The SMILES string of the molecule is O=C(O)CN1C2=C(C(=O)CCC2)C(c2cc(Br)cc(Br)c2OCc2ccccc2Cl)C2=C1CCCC2=O. The summed E-state index contributed by atoms with van der Waals surface area (Å²) in [5.74, 6) is -1.22. The quantitative estimate of drug-likeness (QED) is 0.365. The fraction of sp³-hybridized carbons (Fsp3) is 0.321. The molecule has 0 atom stereocenters. The number of allylic oxidation sites excluding steroid dienone is 4. The number of Topliss-reactive ketones (excluding diaryl/α,β-unsaturated/α-hetero) is 2. The minimum Gasteiger partial charge on any atom is -0.487 e. The van der Waals surface area contributed by atoms with E-state index in [0.29, 0.717) is 81.9 Å². The van der Waals surface area contributed by atoms with Crippen molar-refractivity contribution < 1.29 is 24.2 Å². The van der Waals surface area contributed by atoms with Gasteiger partial charge in [-0.2, -0.15) is 0 Å². The van der Waals surface area contributed by atoms with Crippen LogP contribution in [0.2, 0.25) is 5.02 Å². The maximum absolute atomic E-state index is 13.5. The van der Waals surface area contributed by atoms with Crippen LogP contribution in [0.1, 0.15) is 55.6 Å². The van der Waals surface area contributed by atoms with Crippen LogP contribution >= 0.6 is 43.5 Å². The lowest BCUT2D eigenvalue weighted by molar-refractivity contribution is -0.138. The van der Waals surface area contributed by atoms with Gasteiger partial charge < -0.3 is 14.7 Å². The Hall–Kier alpha value is -2.42. The summed E-state index contributed by atoms with van der Waals surface area (Å²) in [4.78, 5) is 40.5. The summed E-state index contributed by atoms with van der Waals surface area (Å²) in [7, 11) is 0. The number of ether oxygens (including phenoxy) is 1.